The molecule has 0 aromatic heterocycles. The molecule has 0 atom stereocenters. The van der Waals surface area contributed by atoms with Crippen LogP contribution < -0.4 is 0 Å². The number of carbonyl (C=O) groups is 1. The zero-order valence-corrected chi connectivity index (χ0v) is 6.77. The minimum atomic E-state index is -0.00463. The first-order valence-electron chi connectivity index (χ1n) is 4.46. The van der Waals surface area contributed by atoms with Gasteiger partial charge in [0.25, 0.3) is 0 Å². The number of carbonyl (C=O) groups excluding carboxylic acids is 1. The van der Waals surface area contributed by atoms with Crippen molar-refractivity contribution in [2.45, 2.75) is 44.1 Å². The van der Waals surface area contributed by atoms with E-state index >= 15 is 0 Å². The molecule has 0 N–H and O–H groups in total. The van der Waals surface area contributed by atoms with E-state index < -0.39 is 0 Å². The van der Waals surface area contributed by atoms with Crippen LogP contribution in [0.4, 0.5) is 0 Å². The predicted molar refractivity (Wildman–Crippen MR) is 41.4 cm³/mol. The number of ketones is 1. The molecule has 0 unspecified atom stereocenters. The highest BCUT2D eigenvalue weighted by atomic mass is 16.5. The second-order valence-corrected chi connectivity index (χ2v) is 3.75. The Morgan fingerprint density at radius 2 is 1.91 bits per heavy atom. The smallest absolute Gasteiger partial charge is 0.161 e. The maximum absolute atomic E-state index is 11.0. The lowest BCUT2D eigenvalue weighted by Crippen LogP contribution is -2.30. The number of Topliss-reactive ketones (excluding diaryl/α,β-unsaturated/α-hetero) is 1. The van der Waals surface area contributed by atoms with Gasteiger partial charge in [0.1, 0.15) is 6.61 Å². The van der Waals surface area contributed by atoms with Gasteiger partial charge < -0.3 is 4.74 Å². The quantitative estimate of drug-likeness (QED) is 0.530. The van der Waals surface area contributed by atoms with E-state index in [0.29, 0.717) is 18.8 Å². The Bertz CT molecular complexity index is 168. The lowest BCUT2D eigenvalue weighted by molar-refractivity contribution is -0.117. The van der Waals surface area contributed by atoms with Gasteiger partial charge in [0.05, 0.1) is 5.60 Å². The van der Waals surface area contributed by atoms with Crippen LogP contribution in [0.3, 0.4) is 0 Å². The molecule has 0 bridgehead atoms. The summed E-state index contributed by atoms with van der Waals surface area (Å²) in [6.45, 7) is 0.375. The summed E-state index contributed by atoms with van der Waals surface area (Å²) in [4.78, 5) is 11.0. The fourth-order valence-corrected chi connectivity index (χ4v) is 2.21. The molecule has 11 heavy (non-hydrogen) atoms. The van der Waals surface area contributed by atoms with E-state index in [4.69, 9.17) is 4.74 Å². The zero-order chi connectivity index (χ0) is 7.73. The summed E-state index contributed by atoms with van der Waals surface area (Å²) in [6.07, 6.45) is 6.71. The Balaban J connectivity index is 2.03. The predicted octanol–water partition coefficient (Wildman–Crippen LogP) is 1.68. The van der Waals surface area contributed by atoms with E-state index in [9.17, 15) is 4.79 Å². The van der Waals surface area contributed by atoms with Crippen LogP contribution >= 0.6 is 0 Å². The molecule has 2 rings (SSSR count). The molecule has 1 saturated heterocycles. The second-order valence-electron chi connectivity index (χ2n) is 3.75. The van der Waals surface area contributed by atoms with E-state index in [1.165, 1.54) is 19.3 Å². The summed E-state index contributed by atoms with van der Waals surface area (Å²) in [5.41, 5.74) is -0.00463. The molecule has 0 amide bonds. The van der Waals surface area contributed by atoms with Crippen molar-refractivity contribution in [3.8, 4) is 0 Å². The van der Waals surface area contributed by atoms with Crippen molar-refractivity contribution in [1.82, 2.24) is 0 Å². The molecule has 0 aromatic rings. The molecule has 62 valence electrons. The van der Waals surface area contributed by atoms with Crippen LogP contribution in [-0.2, 0) is 9.53 Å². The molecule has 2 fully saturated rings. The SMILES string of the molecule is O=C1COC2(CCCCC2)C1. The average molecular weight is 154 g/mol. The summed E-state index contributed by atoms with van der Waals surface area (Å²) in [5.74, 6) is 0.298. The number of hydrogen-bond acceptors (Lipinski definition) is 2. The van der Waals surface area contributed by atoms with Crippen molar-refractivity contribution >= 4 is 5.78 Å². The van der Waals surface area contributed by atoms with Gasteiger partial charge in [-0.2, -0.15) is 0 Å². The van der Waals surface area contributed by atoms with E-state index in [-0.39, 0.29) is 5.60 Å². The highest BCUT2D eigenvalue weighted by molar-refractivity contribution is 5.82. The number of ether oxygens (including phenoxy) is 1. The molecule has 1 spiro atoms. The van der Waals surface area contributed by atoms with Crippen LogP contribution in [0, 0.1) is 0 Å². The Hall–Kier alpha value is -0.370. The molecule has 1 aliphatic heterocycles. The first kappa shape index (κ1) is 7.29. The maximum Gasteiger partial charge on any atom is 0.161 e. The standard InChI is InChI=1S/C9H14O2/c10-8-6-9(11-7-8)4-2-1-3-5-9/h1-7H2. The molecular formula is C9H14O2. The molecule has 0 aromatic carbocycles. The van der Waals surface area contributed by atoms with E-state index in [2.05, 4.69) is 0 Å². The van der Waals surface area contributed by atoms with E-state index in [1.807, 2.05) is 0 Å². The van der Waals surface area contributed by atoms with Gasteiger partial charge in [-0.25, -0.2) is 0 Å². The Morgan fingerprint density at radius 3 is 2.45 bits per heavy atom. The lowest BCUT2D eigenvalue weighted by Gasteiger charge is -2.31. The highest BCUT2D eigenvalue weighted by Gasteiger charge is 2.40. The number of rotatable bonds is 0. The van der Waals surface area contributed by atoms with Gasteiger partial charge in [-0.3, -0.25) is 4.79 Å². The Labute approximate surface area is 66.9 Å². The lowest BCUT2D eigenvalue weighted by atomic mass is 9.83. The molecule has 2 aliphatic rings. The zero-order valence-electron chi connectivity index (χ0n) is 6.77. The van der Waals surface area contributed by atoms with Crippen LogP contribution in [0.2, 0.25) is 0 Å². The molecule has 2 heteroatoms. The normalized spacial score (nSPS) is 29.6. The summed E-state index contributed by atoms with van der Waals surface area (Å²) in [6, 6.07) is 0. The van der Waals surface area contributed by atoms with Crippen LogP contribution in [0.1, 0.15) is 38.5 Å². The highest BCUT2D eigenvalue weighted by Crippen LogP contribution is 2.37. The molecule has 1 saturated carbocycles. The second kappa shape index (κ2) is 2.59. The summed E-state index contributed by atoms with van der Waals surface area (Å²) in [5, 5.41) is 0. The Kier molecular flexibility index (Phi) is 1.72. The average Bonchev–Trinajstić information content (AvgIpc) is 2.34. The molecule has 2 nitrogen and oxygen atoms in total. The fourth-order valence-electron chi connectivity index (χ4n) is 2.21. The maximum atomic E-state index is 11.0. The van der Waals surface area contributed by atoms with Gasteiger partial charge in [-0.05, 0) is 12.8 Å². The van der Waals surface area contributed by atoms with Gasteiger partial charge in [-0.15, -0.1) is 0 Å². The van der Waals surface area contributed by atoms with Crippen molar-refractivity contribution in [2.24, 2.45) is 0 Å². The van der Waals surface area contributed by atoms with E-state index in [0.717, 1.165) is 12.8 Å². The van der Waals surface area contributed by atoms with Crippen LogP contribution in [0.25, 0.3) is 0 Å². The number of hydrogen-bond donors (Lipinski definition) is 0. The van der Waals surface area contributed by atoms with Gasteiger partial charge >= 0.3 is 0 Å². The van der Waals surface area contributed by atoms with Crippen molar-refractivity contribution < 1.29 is 9.53 Å². The first-order chi connectivity index (χ1) is 5.31. The third-order valence-corrected chi connectivity index (χ3v) is 2.82. The summed E-state index contributed by atoms with van der Waals surface area (Å²) in [7, 11) is 0. The van der Waals surface area contributed by atoms with Gasteiger partial charge in [-0.1, -0.05) is 19.3 Å². The van der Waals surface area contributed by atoms with Gasteiger partial charge in [0.15, 0.2) is 5.78 Å². The summed E-state index contributed by atoms with van der Waals surface area (Å²) < 4.78 is 5.54. The van der Waals surface area contributed by atoms with Crippen LogP contribution in [0.5, 0.6) is 0 Å². The van der Waals surface area contributed by atoms with Crippen LogP contribution in [-0.4, -0.2) is 18.0 Å². The third-order valence-electron chi connectivity index (χ3n) is 2.82. The van der Waals surface area contributed by atoms with Gasteiger partial charge in [0, 0.05) is 6.42 Å². The minimum Gasteiger partial charge on any atom is -0.367 e. The van der Waals surface area contributed by atoms with Crippen molar-refractivity contribution in [1.29, 1.82) is 0 Å². The van der Waals surface area contributed by atoms with E-state index in [1.54, 1.807) is 0 Å². The summed E-state index contributed by atoms with van der Waals surface area (Å²) >= 11 is 0. The van der Waals surface area contributed by atoms with Crippen molar-refractivity contribution in [2.75, 3.05) is 6.61 Å². The molecular weight excluding hydrogens is 140 g/mol. The van der Waals surface area contributed by atoms with Crippen LogP contribution in [0.15, 0.2) is 0 Å². The fraction of sp³-hybridized carbons (Fsp3) is 0.889. The molecule has 1 heterocycles. The first-order valence-corrected chi connectivity index (χ1v) is 4.46. The monoisotopic (exact) mass is 154 g/mol. The third kappa shape index (κ3) is 1.32. The molecule has 0 radical (unpaired) electrons. The minimum absolute atomic E-state index is 0.00463. The molecule has 1 aliphatic carbocycles. The van der Waals surface area contributed by atoms with Crippen molar-refractivity contribution in [3.63, 3.8) is 0 Å². The van der Waals surface area contributed by atoms with Gasteiger partial charge in [0.2, 0.25) is 0 Å². The Morgan fingerprint density at radius 1 is 1.18 bits per heavy atom. The largest absolute Gasteiger partial charge is 0.367 e. The topological polar surface area (TPSA) is 26.3 Å². The van der Waals surface area contributed by atoms with Crippen molar-refractivity contribution in [3.05, 3.63) is 0 Å².